The van der Waals surface area contributed by atoms with E-state index >= 15 is 0 Å². The molecule has 2 aliphatic heterocycles. The van der Waals surface area contributed by atoms with E-state index in [0.29, 0.717) is 37.7 Å². The maximum Gasteiger partial charge on any atom is 0.253 e. The number of aromatic nitrogens is 1. The highest BCUT2D eigenvalue weighted by Crippen LogP contribution is 2.33. The van der Waals surface area contributed by atoms with Gasteiger partial charge in [-0.15, -0.1) is 0 Å². The van der Waals surface area contributed by atoms with Crippen LogP contribution in [0, 0.1) is 19.8 Å². The topological polar surface area (TPSA) is 73.8 Å². The Bertz CT molecular complexity index is 1300. The van der Waals surface area contributed by atoms with Gasteiger partial charge in [0.25, 0.3) is 5.91 Å². The average Bonchev–Trinajstić information content (AvgIpc) is 3.33. The molecule has 3 heterocycles. The summed E-state index contributed by atoms with van der Waals surface area (Å²) in [5.41, 5.74) is 4.01. The van der Waals surface area contributed by atoms with Crippen LogP contribution in [0.5, 0.6) is 0 Å². The third kappa shape index (κ3) is 4.69. The normalized spacial score (nSPS) is 18.4. The van der Waals surface area contributed by atoms with E-state index in [-0.39, 0.29) is 10.8 Å². The molecule has 0 spiro atoms. The quantitative estimate of drug-likeness (QED) is 0.521. The smallest absolute Gasteiger partial charge is 0.253 e. The number of rotatable bonds is 4. The molecular weight excluding hydrogens is 480 g/mol. The van der Waals surface area contributed by atoms with Crippen LogP contribution in [0.3, 0.4) is 0 Å². The number of anilines is 1. The summed E-state index contributed by atoms with van der Waals surface area (Å²) in [6.07, 6.45) is 1.77. The van der Waals surface area contributed by atoms with E-state index in [0.717, 1.165) is 36.6 Å². The fourth-order valence-electron chi connectivity index (χ4n) is 4.81. The van der Waals surface area contributed by atoms with Crippen LogP contribution in [0.4, 0.5) is 5.13 Å². The molecule has 2 saturated heterocycles. The van der Waals surface area contributed by atoms with Crippen molar-refractivity contribution in [3.63, 3.8) is 0 Å². The van der Waals surface area contributed by atoms with Crippen LogP contribution in [-0.2, 0) is 10.0 Å². The Labute approximate surface area is 211 Å². The molecule has 186 valence electrons. The number of sulfonamides is 1. The lowest BCUT2D eigenvalue weighted by Crippen LogP contribution is -2.48. The Kier molecular flexibility index (Phi) is 6.59. The number of piperidine rings is 1. The SMILES string of the molecule is Cc1ccc(C)c2sc(N3CCN(C(=O)c4ccc(S(=O)(=O)N5CCC(C)CC5)cc4)CC3)nc12. The van der Waals surface area contributed by atoms with Crippen molar-refractivity contribution in [2.45, 2.75) is 38.5 Å². The molecule has 1 amide bonds. The molecule has 0 unspecified atom stereocenters. The van der Waals surface area contributed by atoms with Gasteiger partial charge in [0.15, 0.2) is 5.13 Å². The second-order valence-electron chi connectivity index (χ2n) is 9.76. The van der Waals surface area contributed by atoms with Gasteiger partial charge in [0.1, 0.15) is 0 Å². The number of thiazole rings is 1. The molecule has 3 aromatic rings. The highest BCUT2D eigenvalue weighted by atomic mass is 32.2. The molecule has 0 aliphatic carbocycles. The van der Waals surface area contributed by atoms with Gasteiger partial charge in [0, 0.05) is 44.8 Å². The Morgan fingerprint density at radius 2 is 1.54 bits per heavy atom. The van der Waals surface area contributed by atoms with Crippen molar-refractivity contribution < 1.29 is 13.2 Å². The summed E-state index contributed by atoms with van der Waals surface area (Å²) in [4.78, 5) is 22.3. The van der Waals surface area contributed by atoms with E-state index in [4.69, 9.17) is 4.98 Å². The average molecular weight is 513 g/mol. The predicted octanol–water partition coefficient (Wildman–Crippen LogP) is 4.30. The maximum atomic E-state index is 13.1. The van der Waals surface area contributed by atoms with Gasteiger partial charge < -0.3 is 9.80 Å². The number of hydrogen-bond donors (Lipinski definition) is 0. The first-order valence-corrected chi connectivity index (χ1v) is 14.5. The fraction of sp³-hybridized carbons (Fsp3) is 0.462. The molecule has 7 nitrogen and oxygen atoms in total. The van der Waals surface area contributed by atoms with E-state index in [1.54, 1.807) is 39.9 Å². The number of nitrogens with zero attached hydrogens (tertiary/aromatic N) is 4. The number of carbonyl (C=O) groups excluding carboxylic acids is 1. The van der Waals surface area contributed by atoms with E-state index in [1.165, 1.54) is 15.8 Å². The second-order valence-corrected chi connectivity index (χ2v) is 12.7. The molecule has 2 aliphatic rings. The Morgan fingerprint density at radius 1 is 0.914 bits per heavy atom. The van der Waals surface area contributed by atoms with Gasteiger partial charge in [-0.05, 0) is 68.0 Å². The third-order valence-corrected chi connectivity index (χ3v) is 10.4. The van der Waals surface area contributed by atoms with Gasteiger partial charge in [-0.2, -0.15) is 4.31 Å². The number of benzene rings is 2. The zero-order valence-electron chi connectivity index (χ0n) is 20.5. The summed E-state index contributed by atoms with van der Waals surface area (Å²) in [7, 11) is -3.51. The summed E-state index contributed by atoms with van der Waals surface area (Å²) in [6, 6.07) is 10.7. The number of aryl methyl sites for hydroxylation is 2. The molecule has 2 fully saturated rings. The molecule has 0 bridgehead atoms. The first kappa shape index (κ1) is 24.2. The number of hydrogen-bond acceptors (Lipinski definition) is 6. The van der Waals surface area contributed by atoms with Gasteiger partial charge in [-0.1, -0.05) is 30.4 Å². The molecule has 0 N–H and O–H groups in total. The van der Waals surface area contributed by atoms with Gasteiger partial charge in [0.2, 0.25) is 10.0 Å². The monoisotopic (exact) mass is 512 g/mol. The van der Waals surface area contributed by atoms with Crippen LogP contribution in [0.2, 0.25) is 0 Å². The molecular formula is C26H32N4O3S2. The Morgan fingerprint density at radius 3 is 2.17 bits per heavy atom. The van der Waals surface area contributed by atoms with Crippen LogP contribution in [0.25, 0.3) is 10.2 Å². The van der Waals surface area contributed by atoms with Crippen molar-refractivity contribution in [1.82, 2.24) is 14.2 Å². The van der Waals surface area contributed by atoms with Crippen molar-refractivity contribution in [3.8, 4) is 0 Å². The van der Waals surface area contributed by atoms with Crippen LogP contribution >= 0.6 is 11.3 Å². The first-order valence-electron chi connectivity index (χ1n) is 12.3. The van der Waals surface area contributed by atoms with E-state index in [2.05, 4.69) is 37.8 Å². The number of piperazine rings is 1. The minimum absolute atomic E-state index is 0.0589. The van der Waals surface area contributed by atoms with Crippen LogP contribution < -0.4 is 4.90 Å². The highest BCUT2D eigenvalue weighted by molar-refractivity contribution is 7.89. The number of amides is 1. The van der Waals surface area contributed by atoms with Crippen molar-refractivity contribution >= 4 is 42.6 Å². The number of fused-ring (bicyclic) bond motifs is 1. The zero-order chi connectivity index (χ0) is 24.7. The summed E-state index contributed by atoms with van der Waals surface area (Å²) in [6.45, 7) is 10.1. The van der Waals surface area contributed by atoms with Gasteiger partial charge in [-0.25, -0.2) is 13.4 Å². The fourth-order valence-corrected chi connectivity index (χ4v) is 7.44. The standard InChI is InChI=1S/C26H32N4O3S2/c1-18-10-12-30(13-11-18)35(32,33)22-8-6-21(7-9-22)25(31)28-14-16-29(17-15-28)26-27-23-19(2)4-5-20(3)24(23)34-26/h4-9,18H,10-17H2,1-3H3. The zero-order valence-corrected chi connectivity index (χ0v) is 22.2. The van der Waals surface area contributed by atoms with Gasteiger partial charge in [0.05, 0.1) is 15.1 Å². The Hall–Kier alpha value is -2.49. The van der Waals surface area contributed by atoms with E-state index < -0.39 is 10.0 Å². The largest absolute Gasteiger partial charge is 0.345 e. The minimum atomic E-state index is -3.51. The molecule has 1 aromatic heterocycles. The lowest BCUT2D eigenvalue weighted by Gasteiger charge is -2.34. The lowest BCUT2D eigenvalue weighted by molar-refractivity contribution is 0.0746. The molecule has 5 rings (SSSR count). The van der Waals surface area contributed by atoms with Crippen molar-refractivity contribution in [3.05, 3.63) is 53.1 Å². The summed E-state index contributed by atoms with van der Waals surface area (Å²) >= 11 is 1.72. The van der Waals surface area contributed by atoms with Gasteiger partial charge in [-0.3, -0.25) is 4.79 Å². The molecule has 0 radical (unpaired) electrons. The van der Waals surface area contributed by atoms with Crippen molar-refractivity contribution in [2.75, 3.05) is 44.2 Å². The molecule has 0 saturated carbocycles. The third-order valence-electron chi connectivity index (χ3n) is 7.25. The molecule has 9 heteroatoms. The molecule has 35 heavy (non-hydrogen) atoms. The number of carbonyl (C=O) groups is 1. The summed E-state index contributed by atoms with van der Waals surface area (Å²) in [5, 5.41) is 1.01. The van der Waals surface area contributed by atoms with Gasteiger partial charge >= 0.3 is 0 Å². The van der Waals surface area contributed by atoms with E-state index in [1.807, 2.05) is 4.90 Å². The van der Waals surface area contributed by atoms with Crippen molar-refractivity contribution in [2.24, 2.45) is 5.92 Å². The van der Waals surface area contributed by atoms with Crippen LogP contribution in [-0.4, -0.2) is 67.8 Å². The Balaban J connectivity index is 1.23. The summed E-state index contributed by atoms with van der Waals surface area (Å²) in [5.74, 6) is 0.501. The molecule has 0 atom stereocenters. The van der Waals surface area contributed by atoms with Crippen LogP contribution in [0.15, 0.2) is 41.3 Å². The first-order chi connectivity index (χ1) is 16.7. The van der Waals surface area contributed by atoms with Crippen LogP contribution in [0.1, 0.15) is 41.3 Å². The predicted molar refractivity (Wildman–Crippen MR) is 141 cm³/mol. The molecule has 2 aromatic carbocycles. The van der Waals surface area contributed by atoms with E-state index in [9.17, 15) is 13.2 Å². The highest BCUT2D eigenvalue weighted by Gasteiger charge is 2.29. The lowest BCUT2D eigenvalue weighted by atomic mass is 10.0. The summed E-state index contributed by atoms with van der Waals surface area (Å²) < 4.78 is 28.7. The second kappa shape index (κ2) is 9.52. The minimum Gasteiger partial charge on any atom is -0.345 e. The maximum absolute atomic E-state index is 13.1. The van der Waals surface area contributed by atoms with Crippen molar-refractivity contribution in [1.29, 1.82) is 0 Å².